The van der Waals surface area contributed by atoms with Crippen molar-refractivity contribution in [3.8, 4) is 5.75 Å². The Morgan fingerprint density at radius 2 is 1.93 bits per heavy atom. The molecule has 0 bridgehead atoms. The molecule has 2 aromatic rings. The molecule has 2 nitrogen and oxygen atoms in total. The molecule has 148 valence electrons. The van der Waals surface area contributed by atoms with Crippen molar-refractivity contribution in [2.24, 2.45) is 5.92 Å². The van der Waals surface area contributed by atoms with Crippen molar-refractivity contribution < 1.29 is 29.8 Å². The van der Waals surface area contributed by atoms with E-state index < -0.39 is 0 Å². The van der Waals surface area contributed by atoms with Crippen LogP contribution in [0.5, 0.6) is 5.75 Å². The summed E-state index contributed by atoms with van der Waals surface area (Å²) < 4.78 is 6.02. The van der Waals surface area contributed by atoms with Gasteiger partial charge in [-0.3, -0.25) is 4.79 Å². The van der Waals surface area contributed by atoms with Gasteiger partial charge in [-0.15, -0.1) is 0 Å². The van der Waals surface area contributed by atoms with Crippen LogP contribution in [0.15, 0.2) is 36.4 Å². The average molecular weight is 413 g/mol. The van der Waals surface area contributed by atoms with E-state index >= 15 is 0 Å². The Morgan fingerprint density at radius 3 is 2.54 bits per heavy atom. The molecular formula is C23H31ClLiO2P. The molecule has 2 atom stereocenters. The van der Waals surface area contributed by atoms with Crippen LogP contribution >= 0.6 is 20.2 Å². The predicted octanol–water partition coefficient (Wildman–Crippen LogP) is 3.81. The minimum atomic E-state index is 0. The van der Waals surface area contributed by atoms with E-state index in [1.165, 1.54) is 19.3 Å². The Bertz CT molecular complexity index is 765. The first-order chi connectivity index (χ1) is 13.0. The zero-order valence-corrected chi connectivity index (χ0v) is 19.5. The van der Waals surface area contributed by atoms with Gasteiger partial charge in [0.1, 0.15) is 5.75 Å². The molecule has 0 spiro atoms. The van der Waals surface area contributed by atoms with Crippen LogP contribution in [0.25, 0.3) is 0 Å². The molecule has 0 aliphatic rings. The Kier molecular flexibility index (Phi) is 11.5. The Balaban J connectivity index is 0.00000392. The third-order valence-electron chi connectivity index (χ3n) is 4.92. The van der Waals surface area contributed by atoms with Gasteiger partial charge in [-0.2, -0.15) is 0 Å². The molecule has 2 rings (SSSR count). The molecule has 0 radical (unpaired) electrons. The number of unbranched alkanes of at least 4 members (excludes halogenated alkanes) is 1. The first-order valence-electron chi connectivity index (χ1n) is 9.76. The standard InChI is InChI=1S/C23H30ClO2P.Li.H/c1-5-7-10-18(6-2)15-26-19-12-13-21(17(4)14-19)27-23(25)22-16(3)9-8-11-20(22)24;;/h8-9,11-14,18,27H,5-7,10,15H2,1-4H3;;/q;+1;-1. The first-order valence-corrected chi connectivity index (χ1v) is 11.1. The second kappa shape index (κ2) is 12.7. The van der Waals surface area contributed by atoms with Gasteiger partial charge in [-0.25, -0.2) is 0 Å². The zero-order chi connectivity index (χ0) is 19.8. The van der Waals surface area contributed by atoms with Gasteiger partial charge < -0.3 is 6.16 Å². The van der Waals surface area contributed by atoms with Gasteiger partial charge in [0.2, 0.25) is 0 Å². The van der Waals surface area contributed by atoms with Crippen LogP contribution < -0.4 is 28.9 Å². The molecule has 0 saturated heterocycles. The van der Waals surface area contributed by atoms with Gasteiger partial charge in [0, 0.05) is 5.56 Å². The number of halogens is 1. The largest absolute Gasteiger partial charge is 1.00 e. The fourth-order valence-electron chi connectivity index (χ4n) is 3.08. The summed E-state index contributed by atoms with van der Waals surface area (Å²) in [7, 11) is 0.0621. The number of benzene rings is 2. The predicted molar refractivity (Wildman–Crippen MR) is 120 cm³/mol. The molecule has 5 heteroatoms. The average Bonchev–Trinajstić information content (AvgIpc) is 2.64. The summed E-state index contributed by atoms with van der Waals surface area (Å²) in [6, 6.07) is 11.6. The first kappa shape index (κ1) is 25.3. The normalized spacial score (nSPS) is 12.0. The number of hydrogen-bond acceptors (Lipinski definition) is 2. The number of hydrogen-bond donors (Lipinski definition) is 0. The van der Waals surface area contributed by atoms with Crippen molar-refractivity contribution in [3.63, 3.8) is 0 Å². The van der Waals surface area contributed by atoms with Crippen LogP contribution in [0.1, 0.15) is 62.4 Å². The topological polar surface area (TPSA) is 26.3 Å². The van der Waals surface area contributed by atoms with E-state index in [-0.39, 0.29) is 34.4 Å². The second-order valence-electron chi connectivity index (χ2n) is 7.09. The van der Waals surface area contributed by atoms with Crippen molar-refractivity contribution in [1.29, 1.82) is 0 Å². The van der Waals surface area contributed by atoms with Crippen molar-refractivity contribution >= 4 is 31.0 Å². The fourth-order valence-corrected chi connectivity index (χ4v) is 4.61. The molecule has 0 fully saturated rings. The minimum absolute atomic E-state index is 0. The van der Waals surface area contributed by atoms with Gasteiger partial charge >= 0.3 is 18.9 Å². The van der Waals surface area contributed by atoms with E-state index in [0.29, 0.717) is 16.5 Å². The Hall–Kier alpha value is -0.773. The molecule has 0 aliphatic carbocycles. The van der Waals surface area contributed by atoms with Crippen LogP contribution in [-0.2, 0) is 0 Å². The third kappa shape index (κ3) is 7.24. The van der Waals surface area contributed by atoms with Crippen molar-refractivity contribution in [3.05, 3.63) is 58.1 Å². The molecule has 0 N–H and O–H groups in total. The molecule has 0 aromatic heterocycles. The van der Waals surface area contributed by atoms with Gasteiger partial charge in [-0.1, -0.05) is 62.9 Å². The number of ether oxygens (including phenoxy) is 1. The summed E-state index contributed by atoms with van der Waals surface area (Å²) >= 11 is 6.24. The van der Waals surface area contributed by atoms with Crippen molar-refractivity contribution in [2.45, 2.75) is 53.4 Å². The SMILES string of the molecule is CCCCC(CC)COc1ccc(PC(=O)c2c(C)cccc2Cl)c(C)c1.[H-].[Li+]. The summed E-state index contributed by atoms with van der Waals surface area (Å²) in [5, 5.41) is 1.58. The van der Waals surface area contributed by atoms with Gasteiger partial charge in [-0.05, 0) is 69.4 Å². The van der Waals surface area contributed by atoms with Crippen LogP contribution in [0.3, 0.4) is 0 Å². The third-order valence-corrected chi connectivity index (χ3v) is 6.55. The zero-order valence-electron chi connectivity index (χ0n) is 18.8. The van der Waals surface area contributed by atoms with E-state index in [1.807, 2.05) is 44.2 Å². The maximum atomic E-state index is 12.7. The molecule has 0 saturated carbocycles. The molecule has 0 aliphatic heterocycles. The smallest absolute Gasteiger partial charge is 1.00 e. The van der Waals surface area contributed by atoms with E-state index in [4.69, 9.17) is 16.3 Å². The maximum absolute atomic E-state index is 12.7. The summed E-state index contributed by atoms with van der Waals surface area (Å²) in [6.07, 6.45) is 4.84. The monoisotopic (exact) mass is 412 g/mol. The van der Waals surface area contributed by atoms with E-state index in [0.717, 1.165) is 35.2 Å². The second-order valence-corrected chi connectivity index (χ2v) is 8.74. The molecule has 28 heavy (non-hydrogen) atoms. The molecule has 2 unspecified atom stereocenters. The number of rotatable bonds is 10. The minimum Gasteiger partial charge on any atom is -1.00 e. The molecular weight excluding hydrogens is 382 g/mol. The molecule has 0 amide bonds. The molecule has 2 aromatic carbocycles. The van der Waals surface area contributed by atoms with Crippen LogP contribution in [0.4, 0.5) is 0 Å². The summed E-state index contributed by atoms with van der Waals surface area (Å²) in [4.78, 5) is 12.7. The van der Waals surface area contributed by atoms with Crippen LogP contribution in [-0.4, -0.2) is 12.1 Å². The number of carbonyl (C=O) groups is 1. The summed E-state index contributed by atoms with van der Waals surface area (Å²) in [6.45, 7) is 9.17. The van der Waals surface area contributed by atoms with Crippen LogP contribution in [0, 0.1) is 19.8 Å². The summed E-state index contributed by atoms with van der Waals surface area (Å²) in [5.74, 6) is 1.49. The van der Waals surface area contributed by atoms with E-state index in [2.05, 4.69) is 13.8 Å². The quantitative estimate of drug-likeness (QED) is 0.438. The van der Waals surface area contributed by atoms with Crippen molar-refractivity contribution in [2.75, 3.05) is 6.61 Å². The Morgan fingerprint density at radius 1 is 1.18 bits per heavy atom. The Labute approximate surface area is 190 Å². The van der Waals surface area contributed by atoms with E-state index in [9.17, 15) is 4.79 Å². The molecule has 0 heterocycles. The number of carbonyl (C=O) groups excluding carboxylic acids is 1. The van der Waals surface area contributed by atoms with Gasteiger partial charge in [0.05, 0.1) is 11.6 Å². The van der Waals surface area contributed by atoms with Crippen LogP contribution in [0.2, 0.25) is 5.02 Å². The van der Waals surface area contributed by atoms with Gasteiger partial charge in [0.25, 0.3) is 0 Å². The summed E-state index contributed by atoms with van der Waals surface area (Å²) in [5.41, 5.74) is 2.74. The van der Waals surface area contributed by atoms with Gasteiger partial charge in [0.15, 0.2) is 5.52 Å². The maximum Gasteiger partial charge on any atom is 1.00 e. The number of aryl methyl sites for hydroxylation is 2. The fraction of sp³-hybridized carbons (Fsp3) is 0.435. The van der Waals surface area contributed by atoms with Crippen molar-refractivity contribution in [1.82, 2.24) is 0 Å². The van der Waals surface area contributed by atoms with E-state index in [1.54, 1.807) is 6.07 Å².